The standard InChI is InChI=1S/C19H23NO2/c1-13-12-15(22-19(3,4)5)10-11-17(13)20-18-9-7-6-8-16(18)14(2)21/h6-12,20H,1-5H3. The molecule has 0 aliphatic rings. The molecule has 3 nitrogen and oxygen atoms in total. The minimum absolute atomic E-state index is 0.0495. The van der Waals surface area contributed by atoms with Crippen LogP contribution in [0.15, 0.2) is 42.5 Å². The number of nitrogens with one attached hydrogen (secondary N) is 1. The van der Waals surface area contributed by atoms with Gasteiger partial charge >= 0.3 is 0 Å². The third kappa shape index (κ3) is 4.10. The Morgan fingerprint density at radius 2 is 1.73 bits per heavy atom. The van der Waals surface area contributed by atoms with Crippen molar-refractivity contribution in [1.82, 2.24) is 0 Å². The van der Waals surface area contributed by atoms with Crippen molar-refractivity contribution in [2.45, 2.75) is 40.2 Å². The summed E-state index contributed by atoms with van der Waals surface area (Å²) in [5.41, 5.74) is 3.33. The second-order valence-corrected chi connectivity index (χ2v) is 6.42. The van der Waals surface area contributed by atoms with Gasteiger partial charge in [-0.2, -0.15) is 0 Å². The van der Waals surface area contributed by atoms with Crippen LogP contribution in [0, 0.1) is 6.92 Å². The molecule has 0 bridgehead atoms. The molecule has 2 aromatic carbocycles. The van der Waals surface area contributed by atoms with E-state index in [9.17, 15) is 4.79 Å². The normalized spacial score (nSPS) is 11.1. The van der Waals surface area contributed by atoms with Crippen LogP contribution in [0.5, 0.6) is 5.75 Å². The summed E-state index contributed by atoms with van der Waals surface area (Å²) >= 11 is 0. The molecule has 0 saturated carbocycles. The van der Waals surface area contributed by atoms with E-state index < -0.39 is 0 Å². The zero-order valence-electron chi connectivity index (χ0n) is 13.9. The van der Waals surface area contributed by atoms with E-state index in [4.69, 9.17) is 4.74 Å². The molecule has 0 atom stereocenters. The SMILES string of the molecule is CC(=O)c1ccccc1Nc1ccc(OC(C)(C)C)cc1C. The molecule has 0 aromatic heterocycles. The molecular formula is C19H23NO2. The van der Waals surface area contributed by atoms with Crippen molar-refractivity contribution >= 4 is 17.2 Å². The Labute approximate surface area is 132 Å². The predicted molar refractivity (Wildman–Crippen MR) is 91.3 cm³/mol. The van der Waals surface area contributed by atoms with Gasteiger partial charge in [-0.05, 0) is 70.5 Å². The highest BCUT2D eigenvalue weighted by Crippen LogP contribution is 2.28. The molecule has 2 aromatic rings. The molecule has 0 amide bonds. The number of ether oxygens (including phenoxy) is 1. The molecule has 0 saturated heterocycles. The van der Waals surface area contributed by atoms with Crippen LogP contribution in [0.3, 0.4) is 0 Å². The van der Waals surface area contributed by atoms with Gasteiger partial charge in [0.15, 0.2) is 5.78 Å². The van der Waals surface area contributed by atoms with Crippen molar-refractivity contribution in [2.75, 3.05) is 5.32 Å². The Kier molecular flexibility index (Phi) is 4.55. The summed E-state index contributed by atoms with van der Waals surface area (Å²) in [7, 11) is 0. The topological polar surface area (TPSA) is 38.3 Å². The third-order valence-corrected chi connectivity index (χ3v) is 3.20. The van der Waals surface area contributed by atoms with Crippen LogP contribution in [0.1, 0.15) is 43.6 Å². The lowest BCUT2D eigenvalue weighted by atomic mass is 10.1. The fraction of sp³-hybridized carbons (Fsp3) is 0.316. The first-order valence-electron chi connectivity index (χ1n) is 7.43. The van der Waals surface area contributed by atoms with Crippen LogP contribution < -0.4 is 10.1 Å². The summed E-state index contributed by atoms with van der Waals surface area (Å²) in [5, 5.41) is 3.34. The number of carbonyl (C=O) groups excluding carboxylic acids is 1. The number of rotatable bonds is 4. The number of anilines is 2. The first kappa shape index (κ1) is 16.1. The molecular weight excluding hydrogens is 274 g/mol. The van der Waals surface area contributed by atoms with Crippen LogP contribution in [0.2, 0.25) is 0 Å². The summed E-state index contributed by atoms with van der Waals surface area (Å²) in [4.78, 5) is 11.7. The molecule has 0 spiro atoms. The molecule has 22 heavy (non-hydrogen) atoms. The highest BCUT2D eigenvalue weighted by Gasteiger charge is 2.13. The van der Waals surface area contributed by atoms with Crippen molar-refractivity contribution in [3.63, 3.8) is 0 Å². The number of carbonyl (C=O) groups is 1. The summed E-state index contributed by atoms with van der Waals surface area (Å²) in [6.07, 6.45) is 0. The summed E-state index contributed by atoms with van der Waals surface area (Å²) in [5.74, 6) is 0.892. The van der Waals surface area contributed by atoms with E-state index in [1.807, 2.05) is 70.2 Å². The fourth-order valence-electron chi connectivity index (χ4n) is 2.24. The summed E-state index contributed by atoms with van der Waals surface area (Å²) in [6.45, 7) is 9.68. The number of para-hydroxylation sites is 1. The number of ketones is 1. The van der Waals surface area contributed by atoms with Gasteiger partial charge in [-0.15, -0.1) is 0 Å². The molecule has 0 fully saturated rings. The maximum atomic E-state index is 11.7. The maximum Gasteiger partial charge on any atom is 0.161 e. The first-order valence-corrected chi connectivity index (χ1v) is 7.43. The van der Waals surface area contributed by atoms with Gasteiger partial charge in [0.25, 0.3) is 0 Å². The number of hydrogen-bond acceptors (Lipinski definition) is 3. The summed E-state index contributed by atoms with van der Waals surface area (Å²) in [6, 6.07) is 13.5. The minimum atomic E-state index is -0.220. The maximum absolute atomic E-state index is 11.7. The number of Topliss-reactive ketones (excluding diaryl/α,β-unsaturated/α-hetero) is 1. The van der Waals surface area contributed by atoms with Gasteiger partial charge in [-0.25, -0.2) is 0 Å². The fourth-order valence-corrected chi connectivity index (χ4v) is 2.24. The average Bonchev–Trinajstić information content (AvgIpc) is 2.40. The molecule has 0 aliphatic heterocycles. The molecule has 116 valence electrons. The number of aryl methyl sites for hydroxylation is 1. The van der Waals surface area contributed by atoms with Gasteiger partial charge < -0.3 is 10.1 Å². The van der Waals surface area contributed by atoms with E-state index in [-0.39, 0.29) is 11.4 Å². The van der Waals surface area contributed by atoms with E-state index in [1.54, 1.807) is 6.92 Å². The van der Waals surface area contributed by atoms with Crippen molar-refractivity contribution in [1.29, 1.82) is 0 Å². The Bertz CT molecular complexity index is 684. The molecule has 0 aliphatic carbocycles. The van der Waals surface area contributed by atoms with Crippen LogP contribution in [0.4, 0.5) is 11.4 Å². The zero-order chi connectivity index (χ0) is 16.3. The van der Waals surface area contributed by atoms with E-state index in [0.29, 0.717) is 5.56 Å². The monoisotopic (exact) mass is 297 g/mol. The van der Waals surface area contributed by atoms with E-state index in [2.05, 4.69) is 5.32 Å². The Morgan fingerprint density at radius 1 is 1.05 bits per heavy atom. The molecule has 0 radical (unpaired) electrons. The van der Waals surface area contributed by atoms with Gasteiger partial charge in [0.2, 0.25) is 0 Å². The molecule has 3 heteroatoms. The molecule has 1 N–H and O–H groups in total. The van der Waals surface area contributed by atoms with Gasteiger partial charge in [-0.1, -0.05) is 12.1 Å². The Morgan fingerprint density at radius 3 is 2.32 bits per heavy atom. The van der Waals surface area contributed by atoms with Gasteiger partial charge in [0.1, 0.15) is 11.4 Å². The molecule has 0 unspecified atom stereocenters. The lowest BCUT2D eigenvalue weighted by Crippen LogP contribution is -2.22. The van der Waals surface area contributed by atoms with Crippen molar-refractivity contribution in [3.05, 3.63) is 53.6 Å². The van der Waals surface area contributed by atoms with Crippen LogP contribution in [-0.4, -0.2) is 11.4 Å². The van der Waals surface area contributed by atoms with Gasteiger partial charge in [0.05, 0.1) is 0 Å². The Hall–Kier alpha value is -2.29. The van der Waals surface area contributed by atoms with Crippen molar-refractivity contribution in [3.8, 4) is 5.75 Å². The van der Waals surface area contributed by atoms with Gasteiger partial charge in [-0.3, -0.25) is 4.79 Å². The summed E-state index contributed by atoms with van der Waals surface area (Å²) < 4.78 is 5.87. The van der Waals surface area contributed by atoms with Crippen LogP contribution in [-0.2, 0) is 0 Å². The lowest BCUT2D eigenvalue weighted by Gasteiger charge is -2.22. The highest BCUT2D eigenvalue weighted by molar-refractivity contribution is 6.00. The van der Waals surface area contributed by atoms with E-state index >= 15 is 0 Å². The predicted octanol–water partition coefficient (Wildman–Crippen LogP) is 5.12. The largest absolute Gasteiger partial charge is 0.488 e. The first-order chi connectivity index (χ1) is 10.3. The second kappa shape index (κ2) is 6.22. The smallest absolute Gasteiger partial charge is 0.161 e. The number of benzene rings is 2. The minimum Gasteiger partial charge on any atom is -0.488 e. The van der Waals surface area contributed by atoms with Crippen molar-refractivity contribution < 1.29 is 9.53 Å². The number of hydrogen-bond donors (Lipinski definition) is 1. The van der Waals surface area contributed by atoms with E-state index in [0.717, 1.165) is 22.7 Å². The van der Waals surface area contributed by atoms with E-state index in [1.165, 1.54) is 0 Å². The second-order valence-electron chi connectivity index (χ2n) is 6.42. The van der Waals surface area contributed by atoms with Crippen LogP contribution >= 0.6 is 0 Å². The molecule has 2 rings (SSSR count). The lowest BCUT2D eigenvalue weighted by molar-refractivity contribution is 0.101. The van der Waals surface area contributed by atoms with Gasteiger partial charge in [0, 0.05) is 16.9 Å². The average molecular weight is 297 g/mol. The zero-order valence-corrected chi connectivity index (χ0v) is 13.9. The van der Waals surface area contributed by atoms with Crippen LogP contribution in [0.25, 0.3) is 0 Å². The quantitative estimate of drug-likeness (QED) is 0.796. The third-order valence-electron chi connectivity index (χ3n) is 3.20. The Balaban J connectivity index is 2.26. The highest BCUT2D eigenvalue weighted by atomic mass is 16.5. The van der Waals surface area contributed by atoms with Crippen molar-refractivity contribution in [2.24, 2.45) is 0 Å². The molecule has 0 heterocycles.